The highest BCUT2D eigenvalue weighted by Crippen LogP contribution is 2.23. The lowest BCUT2D eigenvalue weighted by Crippen LogP contribution is -2.47. The van der Waals surface area contributed by atoms with E-state index in [-0.39, 0.29) is 18.6 Å². The third-order valence-corrected chi connectivity index (χ3v) is 2.90. The molecule has 0 heterocycles. The minimum atomic E-state index is -0.769. The fraction of sp³-hybridized carbons (Fsp3) is 0.900. The van der Waals surface area contributed by atoms with Gasteiger partial charge in [0.05, 0.1) is 6.61 Å². The number of aliphatic hydroxyl groups is 1. The molecule has 4 N–H and O–H groups in total. The zero-order valence-corrected chi connectivity index (χ0v) is 8.70. The van der Waals surface area contributed by atoms with Gasteiger partial charge in [0.1, 0.15) is 6.04 Å². The molecule has 4 nitrogen and oxygen atoms in total. The second kappa shape index (κ2) is 5.32. The van der Waals surface area contributed by atoms with Gasteiger partial charge in [-0.2, -0.15) is 0 Å². The van der Waals surface area contributed by atoms with Crippen molar-refractivity contribution in [3.63, 3.8) is 0 Å². The van der Waals surface area contributed by atoms with Gasteiger partial charge in [-0.25, -0.2) is 0 Å². The molecule has 0 spiro atoms. The van der Waals surface area contributed by atoms with Crippen molar-refractivity contribution < 1.29 is 9.90 Å². The molecule has 0 radical (unpaired) electrons. The van der Waals surface area contributed by atoms with E-state index in [0.717, 1.165) is 18.8 Å². The number of hydrogen-bond donors (Lipinski definition) is 3. The molecule has 82 valence electrons. The van der Waals surface area contributed by atoms with Crippen LogP contribution in [0.15, 0.2) is 0 Å². The fourth-order valence-corrected chi connectivity index (χ4v) is 1.80. The highest BCUT2D eigenvalue weighted by Gasteiger charge is 2.21. The molecule has 0 aliphatic heterocycles. The van der Waals surface area contributed by atoms with Crippen LogP contribution in [0.3, 0.4) is 0 Å². The Hall–Kier alpha value is -0.610. The Balaban J connectivity index is 2.27. The first-order valence-corrected chi connectivity index (χ1v) is 5.30. The number of nitrogens with two attached hydrogens (primary N) is 1. The zero-order valence-electron chi connectivity index (χ0n) is 8.70. The Labute approximate surface area is 84.9 Å². The summed E-state index contributed by atoms with van der Waals surface area (Å²) in [5, 5.41) is 11.6. The van der Waals surface area contributed by atoms with Gasteiger partial charge in [-0.1, -0.05) is 6.92 Å². The molecule has 1 aliphatic carbocycles. The topological polar surface area (TPSA) is 75.4 Å². The summed E-state index contributed by atoms with van der Waals surface area (Å²) in [5.41, 5.74) is 5.40. The van der Waals surface area contributed by atoms with E-state index in [4.69, 9.17) is 10.8 Å². The molecule has 1 fully saturated rings. The van der Waals surface area contributed by atoms with Gasteiger partial charge in [-0.05, 0) is 31.6 Å². The quantitative estimate of drug-likeness (QED) is 0.600. The van der Waals surface area contributed by atoms with Gasteiger partial charge in [-0.3, -0.25) is 4.79 Å². The van der Waals surface area contributed by atoms with Crippen LogP contribution in [0.2, 0.25) is 0 Å². The van der Waals surface area contributed by atoms with Crippen LogP contribution in [0.4, 0.5) is 0 Å². The van der Waals surface area contributed by atoms with Gasteiger partial charge in [0.15, 0.2) is 0 Å². The van der Waals surface area contributed by atoms with Crippen molar-refractivity contribution in [2.24, 2.45) is 11.7 Å². The van der Waals surface area contributed by atoms with E-state index in [1.807, 2.05) is 0 Å². The van der Waals surface area contributed by atoms with Crippen LogP contribution in [0.1, 0.15) is 32.6 Å². The van der Waals surface area contributed by atoms with Crippen LogP contribution in [0.25, 0.3) is 0 Å². The predicted octanol–water partition coefficient (Wildman–Crippen LogP) is 0.000900. The number of nitrogens with one attached hydrogen (secondary N) is 1. The maximum atomic E-state index is 11.3. The summed E-state index contributed by atoms with van der Waals surface area (Å²) in [6.45, 7) is 1.95. The van der Waals surface area contributed by atoms with Crippen LogP contribution in [-0.4, -0.2) is 29.7 Å². The van der Waals surface area contributed by atoms with Crippen molar-refractivity contribution >= 4 is 5.91 Å². The van der Waals surface area contributed by atoms with Crippen molar-refractivity contribution in [3.8, 4) is 0 Å². The van der Waals surface area contributed by atoms with Crippen LogP contribution in [0.5, 0.6) is 0 Å². The Kier molecular flexibility index (Phi) is 4.35. The maximum Gasteiger partial charge on any atom is 0.239 e. The molecule has 0 unspecified atom stereocenters. The standard InChI is InChI=1S/C10H20N2O2/c1-7-2-4-8(5-3-7)12-10(14)9(11)6-13/h7-9,13H,2-6,11H2,1H3,(H,12,14)/t7?,8?,9-/m1/s1. The maximum absolute atomic E-state index is 11.3. The van der Waals surface area contributed by atoms with Crippen LogP contribution >= 0.6 is 0 Å². The first-order valence-electron chi connectivity index (χ1n) is 5.30. The number of amides is 1. The Morgan fingerprint density at radius 1 is 1.50 bits per heavy atom. The number of rotatable bonds is 3. The van der Waals surface area contributed by atoms with E-state index in [1.165, 1.54) is 12.8 Å². The minimum absolute atomic E-state index is 0.230. The number of hydrogen-bond acceptors (Lipinski definition) is 3. The van der Waals surface area contributed by atoms with Crippen molar-refractivity contribution in [1.82, 2.24) is 5.32 Å². The third-order valence-electron chi connectivity index (χ3n) is 2.90. The summed E-state index contributed by atoms with van der Waals surface area (Å²) >= 11 is 0. The highest BCUT2D eigenvalue weighted by atomic mass is 16.3. The highest BCUT2D eigenvalue weighted by molar-refractivity contribution is 5.81. The third kappa shape index (κ3) is 3.27. The smallest absolute Gasteiger partial charge is 0.239 e. The minimum Gasteiger partial charge on any atom is -0.394 e. The summed E-state index contributed by atoms with van der Waals surface area (Å²) < 4.78 is 0. The first kappa shape index (κ1) is 11.5. The monoisotopic (exact) mass is 200 g/mol. The fourth-order valence-electron chi connectivity index (χ4n) is 1.80. The lowest BCUT2D eigenvalue weighted by molar-refractivity contribution is -0.124. The van der Waals surface area contributed by atoms with Crippen molar-refractivity contribution in [2.75, 3.05) is 6.61 Å². The lowest BCUT2D eigenvalue weighted by atomic mass is 9.87. The van der Waals surface area contributed by atoms with Crippen molar-refractivity contribution in [2.45, 2.75) is 44.7 Å². The summed E-state index contributed by atoms with van der Waals surface area (Å²) in [5.74, 6) is 0.543. The van der Waals surface area contributed by atoms with Crippen molar-refractivity contribution in [1.29, 1.82) is 0 Å². The normalized spacial score (nSPS) is 29.6. The summed E-state index contributed by atoms with van der Waals surface area (Å²) in [4.78, 5) is 11.3. The van der Waals surface area contributed by atoms with E-state index in [0.29, 0.717) is 0 Å². The molecular formula is C10H20N2O2. The average Bonchev–Trinajstić information content (AvgIpc) is 2.20. The molecule has 1 atom stereocenters. The first-order chi connectivity index (χ1) is 6.63. The molecule has 0 bridgehead atoms. The van der Waals surface area contributed by atoms with E-state index in [2.05, 4.69) is 12.2 Å². The summed E-state index contributed by atoms with van der Waals surface area (Å²) in [6, 6.07) is -0.509. The van der Waals surface area contributed by atoms with Gasteiger partial charge in [0, 0.05) is 6.04 Å². The predicted molar refractivity (Wildman–Crippen MR) is 54.6 cm³/mol. The molecule has 0 aromatic carbocycles. The van der Waals surface area contributed by atoms with Gasteiger partial charge in [0.2, 0.25) is 5.91 Å². The van der Waals surface area contributed by atoms with Crippen LogP contribution in [-0.2, 0) is 4.79 Å². The van der Waals surface area contributed by atoms with E-state index in [9.17, 15) is 4.79 Å². The van der Waals surface area contributed by atoms with Gasteiger partial charge >= 0.3 is 0 Å². The van der Waals surface area contributed by atoms with Gasteiger partial charge in [0.25, 0.3) is 0 Å². The molecule has 0 aromatic heterocycles. The summed E-state index contributed by atoms with van der Waals surface area (Å²) in [6.07, 6.45) is 4.40. The number of aliphatic hydroxyl groups excluding tert-OH is 1. The number of carbonyl (C=O) groups is 1. The Bertz CT molecular complexity index is 189. The molecule has 1 saturated carbocycles. The molecule has 1 amide bonds. The van der Waals surface area contributed by atoms with Crippen molar-refractivity contribution in [3.05, 3.63) is 0 Å². The van der Waals surface area contributed by atoms with E-state index >= 15 is 0 Å². The Morgan fingerprint density at radius 2 is 2.07 bits per heavy atom. The molecule has 1 rings (SSSR count). The number of carbonyl (C=O) groups excluding carboxylic acids is 1. The van der Waals surface area contributed by atoms with Gasteiger partial charge in [-0.15, -0.1) is 0 Å². The van der Waals surface area contributed by atoms with Crippen LogP contribution in [0, 0.1) is 5.92 Å². The Morgan fingerprint density at radius 3 is 2.57 bits per heavy atom. The second-order valence-corrected chi connectivity index (χ2v) is 4.25. The second-order valence-electron chi connectivity index (χ2n) is 4.25. The molecule has 4 heteroatoms. The molecule has 0 aromatic rings. The average molecular weight is 200 g/mol. The van der Waals surface area contributed by atoms with E-state index in [1.54, 1.807) is 0 Å². The van der Waals surface area contributed by atoms with E-state index < -0.39 is 6.04 Å². The molecule has 14 heavy (non-hydrogen) atoms. The lowest BCUT2D eigenvalue weighted by Gasteiger charge is -2.27. The zero-order chi connectivity index (χ0) is 10.6. The molecule has 0 saturated heterocycles. The van der Waals surface area contributed by atoms with Crippen LogP contribution < -0.4 is 11.1 Å². The molecule has 1 aliphatic rings. The SMILES string of the molecule is CC1CCC(NC(=O)[C@H](N)CO)CC1. The van der Waals surface area contributed by atoms with Gasteiger partial charge < -0.3 is 16.2 Å². The summed E-state index contributed by atoms with van der Waals surface area (Å²) in [7, 11) is 0. The molecular weight excluding hydrogens is 180 g/mol. The largest absolute Gasteiger partial charge is 0.394 e.